The zero-order chi connectivity index (χ0) is 24.2. The smallest absolute Gasteiger partial charge is 0.166 e. The van der Waals surface area contributed by atoms with E-state index in [1.807, 2.05) is 0 Å². The van der Waals surface area contributed by atoms with E-state index in [4.69, 9.17) is 12.2 Å². The summed E-state index contributed by atoms with van der Waals surface area (Å²) in [5.74, 6) is 1.75. The lowest BCUT2D eigenvalue weighted by molar-refractivity contribution is -0.0201. The highest BCUT2D eigenvalue weighted by Crippen LogP contribution is 2.36. The van der Waals surface area contributed by atoms with Gasteiger partial charge in [0.15, 0.2) is 5.11 Å². The molecule has 5 heterocycles. The van der Waals surface area contributed by atoms with Crippen LogP contribution in [0.2, 0.25) is 0 Å². The van der Waals surface area contributed by atoms with E-state index in [0.29, 0.717) is 18.2 Å². The molecule has 6 fully saturated rings. The van der Waals surface area contributed by atoms with Crippen molar-refractivity contribution in [3.05, 3.63) is 0 Å². The standard InChI is InChI=1S/C27H51N7S/c1-31(2)24-8-6-23(7-9-24)30-27(35)29-18-25-17-21-10-12-34(25)20-22(21)19-32-13-15-33(16-14-32)26-5-3-4-11-28-26/h21-26,28H,3-20H2,1-2H3,(H2,29,30,35)/t21-,22+,23?,24?,25+,26?/m1/s1. The normalized spacial score (nSPS) is 39.0. The van der Waals surface area contributed by atoms with Gasteiger partial charge in [0.2, 0.25) is 0 Å². The molecule has 3 N–H and O–H groups in total. The van der Waals surface area contributed by atoms with E-state index >= 15 is 0 Å². The van der Waals surface area contributed by atoms with Crippen molar-refractivity contribution in [1.29, 1.82) is 0 Å². The minimum Gasteiger partial charge on any atom is -0.361 e. The van der Waals surface area contributed by atoms with Gasteiger partial charge in [-0.15, -0.1) is 0 Å². The zero-order valence-electron chi connectivity index (χ0n) is 22.4. The highest BCUT2D eigenvalue weighted by Gasteiger charge is 2.41. The summed E-state index contributed by atoms with van der Waals surface area (Å²) in [7, 11) is 4.41. The van der Waals surface area contributed by atoms with Crippen LogP contribution in [0, 0.1) is 11.8 Å². The Bertz CT molecular complexity index is 668. The van der Waals surface area contributed by atoms with Crippen LogP contribution in [0.15, 0.2) is 0 Å². The molecule has 0 amide bonds. The summed E-state index contributed by atoms with van der Waals surface area (Å²) in [4.78, 5) is 10.6. The first-order valence-electron chi connectivity index (χ1n) is 14.7. The number of thiocarbonyl (C=S) groups is 1. The Labute approximate surface area is 219 Å². The summed E-state index contributed by atoms with van der Waals surface area (Å²) < 4.78 is 0. The van der Waals surface area contributed by atoms with Crippen LogP contribution in [0.5, 0.6) is 0 Å². The fraction of sp³-hybridized carbons (Fsp3) is 0.963. The molecule has 35 heavy (non-hydrogen) atoms. The molecule has 7 nitrogen and oxygen atoms in total. The maximum atomic E-state index is 5.69. The van der Waals surface area contributed by atoms with Gasteiger partial charge in [0.25, 0.3) is 0 Å². The van der Waals surface area contributed by atoms with Crippen LogP contribution in [-0.4, -0.2) is 122 Å². The Morgan fingerprint density at radius 1 is 0.943 bits per heavy atom. The third kappa shape index (κ3) is 6.88. The third-order valence-electron chi connectivity index (χ3n) is 9.90. The first-order chi connectivity index (χ1) is 17.0. The van der Waals surface area contributed by atoms with Crippen LogP contribution in [0.25, 0.3) is 0 Å². The van der Waals surface area contributed by atoms with Gasteiger partial charge in [0.05, 0.1) is 6.17 Å². The molecule has 0 radical (unpaired) electrons. The highest BCUT2D eigenvalue weighted by atomic mass is 32.1. The molecule has 0 aromatic heterocycles. The predicted molar refractivity (Wildman–Crippen MR) is 149 cm³/mol. The van der Waals surface area contributed by atoms with Crippen molar-refractivity contribution in [3.63, 3.8) is 0 Å². The third-order valence-corrected chi connectivity index (χ3v) is 10.2. The molecule has 2 bridgehead atoms. The topological polar surface area (TPSA) is 49.1 Å². The lowest BCUT2D eigenvalue weighted by Gasteiger charge is -2.51. The largest absolute Gasteiger partial charge is 0.361 e. The van der Waals surface area contributed by atoms with Gasteiger partial charge >= 0.3 is 0 Å². The Balaban J connectivity index is 0.995. The maximum absolute atomic E-state index is 5.69. The molecule has 200 valence electrons. The van der Waals surface area contributed by atoms with E-state index in [2.05, 4.69) is 49.6 Å². The van der Waals surface area contributed by atoms with Gasteiger partial charge < -0.3 is 25.8 Å². The second-order valence-corrected chi connectivity index (χ2v) is 12.7. The van der Waals surface area contributed by atoms with Crippen LogP contribution in [0.4, 0.5) is 0 Å². The quantitative estimate of drug-likeness (QED) is 0.453. The van der Waals surface area contributed by atoms with Gasteiger partial charge in [-0.05, 0) is 109 Å². The molecule has 5 atom stereocenters. The fourth-order valence-corrected chi connectivity index (χ4v) is 7.84. The summed E-state index contributed by atoms with van der Waals surface area (Å²) in [5, 5.41) is 11.8. The molecule has 1 aliphatic carbocycles. The molecule has 1 saturated carbocycles. The molecule has 5 aliphatic heterocycles. The van der Waals surface area contributed by atoms with Gasteiger partial charge in [-0.2, -0.15) is 0 Å². The molecule has 5 saturated heterocycles. The Morgan fingerprint density at radius 3 is 2.40 bits per heavy atom. The second kappa shape index (κ2) is 12.4. The van der Waals surface area contributed by atoms with Crippen LogP contribution >= 0.6 is 12.2 Å². The molecule has 6 aliphatic rings. The molecule has 6 rings (SSSR count). The van der Waals surface area contributed by atoms with Gasteiger partial charge in [-0.25, -0.2) is 0 Å². The number of fused-ring (bicyclic) bond motifs is 3. The van der Waals surface area contributed by atoms with Crippen LogP contribution in [-0.2, 0) is 0 Å². The van der Waals surface area contributed by atoms with Gasteiger partial charge in [0.1, 0.15) is 0 Å². The monoisotopic (exact) mass is 505 g/mol. The minimum absolute atomic E-state index is 0.549. The lowest BCUT2D eigenvalue weighted by Crippen LogP contribution is -2.60. The molecule has 0 aromatic rings. The van der Waals surface area contributed by atoms with E-state index < -0.39 is 0 Å². The number of rotatable bonds is 7. The summed E-state index contributed by atoms with van der Waals surface area (Å²) in [6.45, 7) is 11.1. The number of piperidine rings is 4. The maximum Gasteiger partial charge on any atom is 0.166 e. The number of piperazine rings is 1. The summed E-state index contributed by atoms with van der Waals surface area (Å²) in [6, 6.07) is 1.95. The molecule has 8 heteroatoms. The molecule has 0 aromatic carbocycles. The van der Waals surface area contributed by atoms with Gasteiger partial charge in [-0.3, -0.25) is 9.80 Å². The van der Waals surface area contributed by atoms with E-state index in [-0.39, 0.29) is 0 Å². The average Bonchev–Trinajstić information content (AvgIpc) is 2.89. The minimum atomic E-state index is 0.549. The van der Waals surface area contributed by atoms with E-state index in [9.17, 15) is 0 Å². The van der Waals surface area contributed by atoms with Crippen molar-refractivity contribution in [3.8, 4) is 0 Å². The number of nitrogens with zero attached hydrogens (tertiary/aromatic N) is 4. The van der Waals surface area contributed by atoms with Crippen molar-refractivity contribution in [2.75, 3.05) is 73.0 Å². The van der Waals surface area contributed by atoms with Crippen LogP contribution in [0.1, 0.15) is 57.8 Å². The van der Waals surface area contributed by atoms with Crippen molar-refractivity contribution in [2.24, 2.45) is 11.8 Å². The van der Waals surface area contributed by atoms with E-state index in [0.717, 1.165) is 29.5 Å². The fourth-order valence-electron chi connectivity index (χ4n) is 7.59. The van der Waals surface area contributed by atoms with Crippen molar-refractivity contribution >= 4 is 17.3 Å². The number of nitrogens with one attached hydrogen (secondary N) is 3. The molecule has 2 unspecified atom stereocenters. The van der Waals surface area contributed by atoms with E-state index in [1.165, 1.54) is 110 Å². The first-order valence-corrected chi connectivity index (χ1v) is 15.1. The average molecular weight is 506 g/mol. The zero-order valence-corrected chi connectivity index (χ0v) is 23.2. The Morgan fingerprint density at radius 2 is 1.74 bits per heavy atom. The molecular formula is C27H51N7S. The predicted octanol–water partition coefficient (Wildman–Crippen LogP) is 1.75. The van der Waals surface area contributed by atoms with Gasteiger partial charge in [0, 0.05) is 63.9 Å². The summed E-state index contributed by atoms with van der Waals surface area (Å²) in [5.41, 5.74) is 0. The summed E-state index contributed by atoms with van der Waals surface area (Å²) in [6.07, 6.45) is 12.5. The first kappa shape index (κ1) is 26.1. The van der Waals surface area contributed by atoms with Crippen molar-refractivity contribution < 1.29 is 0 Å². The van der Waals surface area contributed by atoms with Gasteiger partial charge in [-0.1, -0.05) is 0 Å². The van der Waals surface area contributed by atoms with E-state index in [1.54, 1.807) is 0 Å². The molecule has 0 spiro atoms. The Hall–Kier alpha value is -0.510. The van der Waals surface area contributed by atoms with Crippen LogP contribution in [0.3, 0.4) is 0 Å². The summed E-state index contributed by atoms with van der Waals surface area (Å²) >= 11 is 5.69. The second-order valence-electron chi connectivity index (χ2n) is 12.3. The SMILES string of the molecule is CN(C)C1CCC(NC(=S)NC[C@@H]2C[C@H]3CCN2C[C@@H]3CN2CCN(C3CCCCN3)CC2)CC1. The lowest BCUT2D eigenvalue weighted by atomic mass is 9.75. The number of hydrogen-bond donors (Lipinski definition) is 3. The van der Waals surface area contributed by atoms with Crippen LogP contribution < -0.4 is 16.0 Å². The van der Waals surface area contributed by atoms with Crippen molar-refractivity contribution in [2.45, 2.75) is 82.1 Å². The number of hydrogen-bond acceptors (Lipinski definition) is 6. The van der Waals surface area contributed by atoms with Crippen molar-refractivity contribution in [1.82, 2.24) is 35.6 Å². The Kier molecular flexibility index (Phi) is 9.22. The molecular weight excluding hydrogens is 454 g/mol. The highest BCUT2D eigenvalue weighted by molar-refractivity contribution is 7.80.